The molecule has 0 unspecified atom stereocenters. The fourth-order valence-electron chi connectivity index (χ4n) is 2.22. The van der Waals surface area contributed by atoms with Crippen LogP contribution in [0.2, 0.25) is 5.02 Å². The first-order valence-electron chi connectivity index (χ1n) is 5.12. The Labute approximate surface area is 101 Å². The van der Waals surface area contributed by atoms with Crippen molar-refractivity contribution in [1.82, 2.24) is 5.32 Å². The summed E-state index contributed by atoms with van der Waals surface area (Å²) in [7, 11) is 0. The predicted molar refractivity (Wildman–Crippen MR) is 60.0 cm³/mol. The van der Waals surface area contributed by atoms with Gasteiger partial charge in [0, 0.05) is 13.0 Å². The third-order valence-corrected chi connectivity index (χ3v) is 3.34. The lowest BCUT2D eigenvalue weighted by Crippen LogP contribution is -2.40. The van der Waals surface area contributed by atoms with E-state index in [0.29, 0.717) is 18.7 Å². The molecule has 6 heteroatoms. The van der Waals surface area contributed by atoms with Gasteiger partial charge in [-0.3, -0.25) is 4.79 Å². The first-order valence-corrected chi connectivity index (χ1v) is 5.50. The Morgan fingerprint density at radius 1 is 1.53 bits per heavy atom. The minimum absolute atomic E-state index is 0.0384. The van der Waals surface area contributed by atoms with E-state index in [4.69, 9.17) is 16.3 Å². The predicted octanol–water partition coefficient (Wildman–Crippen LogP) is 1.88. The molecule has 0 aromatic heterocycles. The van der Waals surface area contributed by atoms with Crippen LogP contribution in [0, 0.1) is 5.82 Å². The van der Waals surface area contributed by atoms with Crippen molar-refractivity contribution in [3.05, 3.63) is 28.5 Å². The lowest BCUT2D eigenvalue weighted by atomic mass is 9.89. The van der Waals surface area contributed by atoms with E-state index in [0.717, 1.165) is 0 Å². The van der Waals surface area contributed by atoms with Crippen LogP contribution in [0.15, 0.2) is 17.1 Å². The zero-order valence-corrected chi connectivity index (χ0v) is 9.42. The van der Waals surface area contributed by atoms with Crippen molar-refractivity contribution in [2.45, 2.75) is 12.0 Å². The van der Waals surface area contributed by atoms with E-state index in [1.165, 1.54) is 12.5 Å². The summed E-state index contributed by atoms with van der Waals surface area (Å²) in [5, 5.41) is 2.59. The second kappa shape index (κ2) is 3.43. The van der Waals surface area contributed by atoms with Crippen molar-refractivity contribution >= 4 is 29.6 Å². The Kier molecular flexibility index (Phi) is 2.13. The molecule has 4 nitrogen and oxygen atoms in total. The molecule has 3 rings (SSSR count). The van der Waals surface area contributed by atoms with Crippen LogP contribution in [0.3, 0.4) is 0 Å². The van der Waals surface area contributed by atoms with E-state index in [2.05, 4.69) is 10.3 Å². The van der Waals surface area contributed by atoms with Gasteiger partial charge in [0.2, 0.25) is 5.60 Å². The van der Waals surface area contributed by atoms with Crippen LogP contribution >= 0.6 is 11.6 Å². The molecule has 2 heterocycles. The quantitative estimate of drug-likeness (QED) is 0.769. The normalized spacial score (nSPS) is 25.6. The van der Waals surface area contributed by atoms with Crippen molar-refractivity contribution in [2.75, 3.05) is 6.54 Å². The number of hydrogen-bond donors (Lipinski definition) is 1. The minimum atomic E-state index is -1.31. The van der Waals surface area contributed by atoms with E-state index in [-0.39, 0.29) is 16.5 Å². The van der Waals surface area contributed by atoms with Gasteiger partial charge in [-0.05, 0) is 12.1 Å². The van der Waals surface area contributed by atoms with Gasteiger partial charge in [0.05, 0.1) is 16.3 Å². The molecule has 0 saturated carbocycles. The highest BCUT2D eigenvalue weighted by molar-refractivity contribution is 6.31. The van der Waals surface area contributed by atoms with Gasteiger partial charge in [0.25, 0.3) is 5.91 Å². The van der Waals surface area contributed by atoms with Crippen LogP contribution in [-0.2, 0) is 15.1 Å². The smallest absolute Gasteiger partial charge is 0.269 e. The van der Waals surface area contributed by atoms with Gasteiger partial charge in [-0.15, -0.1) is 0 Å². The molecule has 1 aromatic rings. The third kappa shape index (κ3) is 1.29. The number of rotatable bonds is 0. The number of nitrogens with zero attached hydrogens (tertiary/aromatic N) is 1. The lowest BCUT2D eigenvalue weighted by molar-refractivity contribution is -0.134. The number of amides is 1. The number of halogens is 2. The molecule has 0 radical (unpaired) electrons. The Morgan fingerprint density at radius 2 is 2.35 bits per heavy atom. The van der Waals surface area contributed by atoms with E-state index in [1.807, 2.05) is 0 Å². The number of aliphatic imine (C=N–C) groups is 1. The molecule has 1 N–H and O–H groups in total. The topological polar surface area (TPSA) is 50.7 Å². The maximum absolute atomic E-state index is 14.1. The molecule has 1 aromatic carbocycles. The zero-order chi connectivity index (χ0) is 12.0. The Morgan fingerprint density at radius 3 is 3.06 bits per heavy atom. The summed E-state index contributed by atoms with van der Waals surface area (Å²) >= 11 is 5.74. The average Bonchev–Trinajstić information content (AvgIpc) is 2.67. The molecular formula is C11H8ClFN2O2. The molecule has 1 spiro atoms. The fraction of sp³-hybridized carbons (Fsp3) is 0.273. The number of carbonyl (C=O) groups excluding carboxylic acids is 1. The van der Waals surface area contributed by atoms with Gasteiger partial charge < -0.3 is 10.1 Å². The SMILES string of the molecule is O=C1NCC[C@@]12OC=Nc1ccc(Cl)c(F)c12. The van der Waals surface area contributed by atoms with Crippen LogP contribution in [0.1, 0.15) is 12.0 Å². The molecule has 2 aliphatic rings. The second-order valence-electron chi connectivity index (χ2n) is 3.94. The Balaban J connectivity index is 2.29. The molecule has 1 saturated heterocycles. The summed E-state index contributed by atoms with van der Waals surface area (Å²) in [6, 6.07) is 2.99. The molecule has 1 amide bonds. The van der Waals surface area contributed by atoms with Crippen molar-refractivity contribution in [3.8, 4) is 0 Å². The number of nitrogens with one attached hydrogen (secondary N) is 1. The van der Waals surface area contributed by atoms with Gasteiger partial charge in [0.15, 0.2) is 12.2 Å². The molecular weight excluding hydrogens is 247 g/mol. The van der Waals surface area contributed by atoms with Crippen LogP contribution < -0.4 is 5.32 Å². The number of carbonyl (C=O) groups is 1. The number of hydrogen-bond acceptors (Lipinski definition) is 3. The largest absolute Gasteiger partial charge is 0.462 e. The minimum Gasteiger partial charge on any atom is -0.462 e. The zero-order valence-electron chi connectivity index (χ0n) is 8.67. The van der Waals surface area contributed by atoms with Gasteiger partial charge in [-0.1, -0.05) is 11.6 Å². The van der Waals surface area contributed by atoms with Crippen LogP contribution in [-0.4, -0.2) is 18.9 Å². The first kappa shape index (κ1) is 10.5. The van der Waals surface area contributed by atoms with Gasteiger partial charge in [-0.2, -0.15) is 0 Å². The van der Waals surface area contributed by atoms with E-state index < -0.39 is 11.4 Å². The summed E-state index contributed by atoms with van der Waals surface area (Å²) in [5.74, 6) is -0.996. The maximum Gasteiger partial charge on any atom is 0.269 e. The fourth-order valence-corrected chi connectivity index (χ4v) is 2.38. The van der Waals surface area contributed by atoms with Crippen molar-refractivity contribution in [1.29, 1.82) is 0 Å². The molecule has 0 aliphatic carbocycles. The van der Waals surface area contributed by atoms with Gasteiger partial charge >= 0.3 is 0 Å². The summed E-state index contributed by atoms with van der Waals surface area (Å²) in [4.78, 5) is 15.8. The summed E-state index contributed by atoms with van der Waals surface area (Å²) < 4.78 is 19.4. The second-order valence-corrected chi connectivity index (χ2v) is 4.35. The monoisotopic (exact) mass is 254 g/mol. The van der Waals surface area contributed by atoms with Crippen molar-refractivity contribution in [3.63, 3.8) is 0 Å². The first-order chi connectivity index (χ1) is 8.15. The van der Waals surface area contributed by atoms with E-state index in [1.54, 1.807) is 6.07 Å². The third-order valence-electron chi connectivity index (χ3n) is 3.05. The molecule has 88 valence electrons. The highest BCUT2D eigenvalue weighted by Crippen LogP contribution is 2.43. The standard InChI is InChI=1S/C11H8ClFN2O2/c12-6-1-2-7-8(9(6)13)11(17-5-15-7)3-4-14-10(11)16/h1-2,5H,3-4H2,(H,14,16)/t11-/m0/s1. The number of benzene rings is 1. The molecule has 1 atom stereocenters. The highest BCUT2D eigenvalue weighted by Gasteiger charge is 2.50. The Bertz CT molecular complexity index is 547. The Hall–Kier alpha value is -1.62. The molecule has 0 bridgehead atoms. The highest BCUT2D eigenvalue weighted by atomic mass is 35.5. The van der Waals surface area contributed by atoms with Gasteiger partial charge in [0.1, 0.15) is 0 Å². The van der Waals surface area contributed by atoms with E-state index in [9.17, 15) is 9.18 Å². The molecule has 2 aliphatic heterocycles. The summed E-state index contributed by atoms with van der Waals surface area (Å²) in [6.45, 7) is 0.443. The summed E-state index contributed by atoms with van der Waals surface area (Å²) in [6.07, 6.45) is 1.54. The van der Waals surface area contributed by atoms with Crippen molar-refractivity contribution in [2.24, 2.45) is 4.99 Å². The molecule has 1 fully saturated rings. The average molecular weight is 255 g/mol. The van der Waals surface area contributed by atoms with Gasteiger partial charge in [-0.25, -0.2) is 9.38 Å². The number of ether oxygens (including phenoxy) is 1. The molecule has 17 heavy (non-hydrogen) atoms. The summed E-state index contributed by atoms with van der Waals surface area (Å²) in [5.41, 5.74) is -0.802. The lowest BCUT2D eigenvalue weighted by Gasteiger charge is -2.30. The van der Waals surface area contributed by atoms with E-state index >= 15 is 0 Å². The van der Waals surface area contributed by atoms with Crippen LogP contribution in [0.25, 0.3) is 0 Å². The van der Waals surface area contributed by atoms with Crippen LogP contribution in [0.5, 0.6) is 0 Å². The van der Waals surface area contributed by atoms with Crippen molar-refractivity contribution < 1.29 is 13.9 Å². The van der Waals surface area contributed by atoms with Crippen LogP contribution in [0.4, 0.5) is 10.1 Å². The number of fused-ring (bicyclic) bond motifs is 2. The maximum atomic E-state index is 14.1.